The zero-order valence-electron chi connectivity index (χ0n) is 11.0. The molecule has 0 fully saturated rings. The van der Waals surface area contributed by atoms with Gasteiger partial charge in [-0.3, -0.25) is 4.79 Å². The van der Waals surface area contributed by atoms with E-state index in [1.165, 1.54) is 19.1 Å². The number of hydrogen-bond donors (Lipinski definition) is 1. The number of carboxylic acids is 1. The third-order valence-electron chi connectivity index (χ3n) is 2.79. The molecule has 0 aliphatic heterocycles. The van der Waals surface area contributed by atoms with Gasteiger partial charge in [0.1, 0.15) is 4.90 Å². The topological polar surface area (TPSA) is 74.7 Å². The SMILES string of the molecule is CCN(CC(C)C(=O)O)S(=O)(=O)c1cccc(Cl)c1F. The van der Waals surface area contributed by atoms with Gasteiger partial charge < -0.3 is 5.11 Å². The first kappa shape index (κ1) is 16.9. The van der Waals surface area contributed by atoms with Gasteiger partial charge in [0, 0.05) is 13.1 Å². The van der Waals surface area contributed by atoms with Gasteiger partial charge in [-0.05, 0) is 12.1 Å². The Hall–Kier alpha value is -1.18. The van der Waals surface area contributed by atoms with Crippen molar-refractivity contribution in [3.63, 3.8) is 0 Å². The number of carboxylic acid groups (broad SMARTS) is 1. The molecule has 0 aromatic heterocycles. The molecule has 0 aliphatic rings. The van der Waals surface area contributed by atoms with Gasteiger partial charge in [0.2, 0.25) is 10.0 Å². The molecular weight excluding hydrogens is 309 g/mol. The second-order valence-corrected chi connectivity index (χ2v) is 6.56. The lowest BCUT2D eigenvalue weighted by Gasteiger charge is -2.22. The smallest absolute Gasteiger partial charge is 0.307 e. The Bertz CT molecular complexity index is 605. The fraction of sp³-hybridized carbons (Fsp3) is 0.417. The summed E-state index contributed by atoms with van der Waals surface area (Å²) in [4.78, 5) is 10.3. The molecular formula is C12H15ClFNO4S. The molecule has 5 nitrogen and oxygen atoms in total. The predicted molar refractivity (Wildman–Crippen MR) is 72.6 cm³/mol. The number of nitrogens with zero attached hydrogens (tertiary/aromatic N) is 1. The van der Waals surface area contributed by atoms with Crippen molar-refractivity contribution >= 4 is 27.6 Å². The standard InChI is InChI=1S/C12H15ClFNO4S/c1-3-15(7-8(2)12(16)17)20(18,19)10-6-4-5-9(13)11(10)14/h4-6,8H,3,7H2,1-2H3,(H,16,17). The van der Waals surface area contributed by atoms with Crippen LogP contribution in [0.5, 0.6) is 0 Å². The molecule has 0 bridgehead atoms. The highest BCUT2D eigenvalue weighted by molar-refractivity contribution is 7.89. The van der Waals surface area contributed by atoms with Crippen molar-refractivity contribution in [1.82, 2.24) is 4.31 Å². The third-order valence-corrected chi connectivity index (χ3v) is 5.04. The number of hydrogen-bond acceptors (Lipinski definition) is 3. The van der Waals surface area contributed by atoms with Gasteiger partial charge in [-0.15, -0.1) is 0 Å². The average Bonchev–Trinajstić information content (AvgIpc) is 2.38. The molecule has 0 saturated carbocycles. The Balaban J connectivity index is 3.19. The molecule has 1 aromatic rings. The fourth-order valence-electron chi connectivity index (χ4n) is 1.60. The number of halogens is 2. The maximum absolute atomic E-state index is 13.8. The molecule has 0 radical (unpaired) electrons. The molecule has 0 spiro atoms. The Morgan fingerprint density at radius 1 is 1.50 bits per heavy atom. The van der Waals surface area contributed by atoms with Crippen LogP contribution in [0, 0.1) is 11.7 Å². The van der Waals surface area contributed by atoms with Gasteiger partial charge in [0.15, 0.2) is 5.82 Å². The van der Waals surface area contributed by atoms with Crippen molar-refractivity contribution in [2.75, 3.05) is 13.1 Å². The van der Waals surface area contributed by atoms with Crippen molar-refractivity contribution < 1.29 is 22.7 Å². The number of rotatable bonds is 6. The summed E-state index contributed by atoms with van der Waals surface area (Å²) in [6.07, 6.45) is 0. The summed E-state index contributed by atoms with van der Waals surface area (Å²) in [5.74, 6) is -3.05. The Kier molecular flexibility index (Phi) is 5.50. The van der Waals surface area contributed by atoms with Crippen LogP contribution in [0.4, 0.5) is 4.39 Å². The van der Waals surface area contributed by atoms with Gasteiger partial charge >= 0.3 is 5.97 Å². The lowest BCUT2D eigenvalue weighted by Crippen LogP contribution is -2.37. The lowest BCUT2D eigenvalue weighted by molar-refractivity contribution is -0.141. The van der Waals surface area contributed by atoms with Crippen LogP contribution in [0.1, 0.15) is 13.8 Å². The van der Waals surface area contributed by atoms with E-state index in [2.05, 4.69) is 0 Å². The first-order valence-electron chi connectivity index (χ1n) is 5.88. The lowest BCUT2D eigenvalue weighted by atomic mass is 10.2. The highest BCUT2D eigenvalue weighted by Gasteiger charge is 2.29. The van der Waals surface area contributed by atoms with Crippen molar-refractivity contribution in [2.24, 2.45) is 5.92 Å². The molecule has 1 atom stereocenters. The first-order chi connectivity index (χ1) is 9.21. The minimum Gasteiger partial charge on any atom is -0.481 e. The van der Waals surface area contributed by atoms with Crippen molar-refractivity contribution in [1.29, 1.82) is 0 Å². The maximum atomic E-state index is 13.8. The van der Waals surface area contributed by atoms with Crippen molar-refractivity contribution in [3.8, 4) is 0 Å². The second-order valence-electron chi connectivity index (χ2n) is 4.25. The zero-order chi connectivity index (χ0) is 15.5. The van der Waals surface area contributed by atoms with Gasteiger partial charge in [-0.2, -0.15) is 4.31 Å². The Morgan fingerprint density at radius 3 is 2.60 bits per heavy atom. The van der Waals surface area contributed by atoms with Crippen LogP contribution < -0.4 is 0 Å². The molecule has 1 aromatic carbocycles. The molecule has 0 aliphatic carbocycles. The van der Waals surface area contributed by atoms with E-state index in [9.17, 15) is 17.6 Å². The van der Waals surface area contributed by atoms with E-state index in [1.807, 2.05) is 0 Å². The third kappa shape index (κ3) is 3.47. The predicted octanol–water partition coefficient (Wildman–Crippen LogP) is 2.21. The van der Waals surface area contributed by atoms with Crippen molar-refractivity contribution in [3.05, 3.63) is 29.0 Å². The summed E-state index contributed by atoms with van der Waals surface area (Å²) in [5.41, 5.74) is 0. The number of aliphatic carboxylic acids is 1. The summed E-state index contributed by atoms with van der Waals surface area (Å²) in [6.45, 7) is 2.73. The van der Waals surface area contributed by atoms with Crippen LogP contribution >= 0.6 is 11.6 Å². The summed E-state index contributed by atoms with van der Waals surface area (Å²) in [6, 6.07) is 3.67. The molecule has 8 heteroatoms. The highest BCUT2D eigenvalue weighted by Crippen LogP contribution is 2.25. The number of sulfonamides is 1. The van der Waals surface area contributed by atoms with Crippen LogP contribution in [0.15, 0.2) is 23.1 Å². The van der Waals surface area contributed by atoms with Crippen LogP contribution in [0.2, 0.25) is 5.02 Å². The van der Waals surface area contributed by atoms with E-state index in [1.54, 1.807) is 6.92 Å². The normalized spacial score (nSPS) is 13.4. The highest BCUT2D eigenvalue weighted by atomic mass is 35.5. The van der Waals surface area contributed by atoms with Gasteiger partial charge in [-0.1, -0.05) is 31.5 Å². The Labute approximate surface area is 122 Å². The first-order valence-corrected chi connectivity index (χ1v) is 7.70. The Morgan fingerprint density at radius 2 is 2.10 bits per heavy atom. The van der Waals surface area contributed by atoms with E-state index >= 15 is 0 Å². The molecule has 1 N–H and O–H groups in total. The fourth-order valence-corrected chi connectivity index (χ4v) is 3.46. The van der Waals surface area contributed by atoms with E-state index in [4.69, 9.17) is 16.7 Å². The molecule has 0 amide bonds. The number of carbonyl (C=O) groups is 1. The second kappa shape index (κ2) is 6.51. The van der Waals surface area contributed by atoms with E-state index < -0.39 is 32.6 Å². The van der Waals surface area contributed by atoms with Crippen LogP contribution in [0.3, 0.4) is 0 Å². The van der Waals surface area contributed by atoms with E-state index in [-0.39, 0.29) is 18.1 Å². The molecule has 112 valence electrons. The van der Waals surface area contributed by atoms with Gasteiger partial charge in [-0.25, -0.2) is 12.8 Å². The molecule has 20 heavy (non-hydrogen) atoms. The summed E-state index contributed by atoms with van der Waals surface area (Å²) < 4.78 is 39.4. The van der Waals surface area contributed by atoms with Crippen LogP contribution in [-0.2, 0) is 14.8 Å². The molecule has 1 unspecified atom stereocenters. The minimum atomic E-state index is -4.12. The van der Waals surface area contributed by atoms with Crippen molar-refractivity contribution in [2.45, 2.75) is 18.7 Å². The van der Waals surface area contributed by atoms with E-state index in [0.29, 0.717) is 0 Å². The van der Waals surface area contributed by atoms with Crippen LogP contribution in [0.25, 0.3) is 0 Å². The average molecular weight is 324 g/mol. The number of benzene rings is 1. The van der Waals surface area contributed by atoms with Crippen LogP contribution in [-0.4, -0.2) is 36.9 Å². The largest absolute Gasteiger partial charge is 0.481 e. The maximum Gasteiger partial charge on any atom is 0.307 e. The summed E-state index contributed by atoms with van der Waals surface area (Å²) in [5, 5.41) is 8.55. The molecule has 1 rings (SSSR count). The molecule has 0 saturated heterocycles. The monoisotopic (exact) mass is 323 g/mol. The quantitative estimate of drug-likeness (QED) is 0.871. The van der Waals surface area contributed by atoms with E-state index in [0.717, 1.165) is 10.4 Å². The summed E-state index contributed by atoms with van der Waals surface area (Å²) in [7, 11) is -4.12. The van der Waals surface area contributed by atoms with Gasteiger partial charge in [0.25, 0.3) is 0 Å². The van der Waals surface area contributed by atoms with Gasteiger partial charge in [0.05, 0.1) is 10.9 Å². The minimum absolute atomic E-state index is 0.0336. The zero-order valence-corrected chi connectivity index (χ0v) is 12.6. The molecule has 0 heterocycles. The summed E-state index contributed by atoms with van der Waals surface area (Å²) >= 11 is 5.57.